The van der Waals surface area contributed by atoms with Crippen molar-refractivity contribution in [2.75, 3.05) is 0 Å². The van der Waals surface area contributed by atoms with Crippen molar-refractivity contribution in [1.29, 1.82) is 0 Å². The average Bonchev–Trinajstić information content (AvgIpc) is 2.46. The molecule has 0 atom stereocenters. The van der Waals surface area contributed by atoms with Gasteiger partial charge in [0, 0.05) is 22.9 Å². The predicted molar refractivity (Wildman–Crippen MR) is 82.2 cm³/mol. The molecular formula is C16H14F3NO2S. The van der Waals surface area contributed by atoms with Gasteiger partial charge in [-0.3, -0.25) is 9.78 Å². The second-order valence-corrected chi connectivity index (χ2v) is 7.03. The maximum Gasteiger partial charge on any atom is 0.416 e. The minimum Gasteiger partial charge on any atom is -0.480 e. The third kappa shape index (κ3) is 4.04. The van der Waals surface area contributed by atoms with Gasteiger partial charge in [0.2, 0.25) is 0 Å². The van der Waals surface area contributed by atoms with Crippen molar-refractivity contribution in [1.82, 2.24) is 4.98 Å². The molecule has 3 nitrogen and oxygen atoms in total. The molecule has 1 aromatic heterocycles. The van der Waals surface area contributed by atoms with Crippen LogP contribution in [0.2, 0.25) is 0 Å². The first-order chi connectivity index (χ1) is 10.6. The maximum atomic E-state index is 12.6. The highest BCUT2D eigenvalue weighted by molar-refractivity contribution is 8.01. The highest BCUT2D eigenvalue weighted by Crippen LogP contribution is 2.39. The lowest BCUT2D eigenvalue weighted by molar-refractivity contribution is -0.139. The van der Waals surface area contributed by atoms with E-state index in [2.05, 4.69) is 4.98 Å². The van der Waals surface area contributed by atoms with Gasteiger partial charge in [0.05, 0.1) is 5.56 Å². The smallest absolute Gasteiger partial charge is 0.416 e. The molecule has 0 aliphatic heterocycles. The minimum absolute atomic E-state index is 0.551. The molecular weight excluding hydrogens is 327 g/mol. The molecule has 0 radical (unpaired) electrons. The predicted octanol–water partition coefficient (Wildman–Crippen LogP) is 4.72. The summed E-state index contributed by atoms with van der Waals surface area (Å²) in [6.07, 6.45) is -1.35. The monoisotopic (exact) mass is 341 g/mol. The van der Waals surface area contributed by atoms with Crippen LogP contribution >= 0.6 is 11.8 Å². The minimum atomic E-state index is -4.39. The Kier molecular flexibility index (Phi) is 4.70. The van der Waals surface area contributed by atoms with Crippen molar-refractivity contribution in [3.05, 3.63) is 48.3 Å². The first-order valence-corrected chi connectivity index (χ1v) is 7.47. The molecule has 2 rings (SSSR count). The van der Waals surface area contributed by atoms with E-state index in [0.717, 1.165) is 23.9 Å². The Bertz CT molecular complexity index is 712. The van der Waals surface area contributed by atoms with E-state index >= 15 is 0 Å². The van der Waals surface area contributed by atoms with E-state index in [4.69, 9.17) is 0 Å². The molecule has 1 aromatic carbocycles. The van der Waals surface area contributed by atoms with E-state index in [1.165, 1.54) is 24.5 Å². The number of carboxylic acids is 1. The molecule has 0 amide bonds. The molecule has 2 aromatic rings. The van der Waals surface area contributed by atoms with Gasteiger partial charge in [-0.1, -0.05) is 12.1 Å². The molecule has 0 spiro atoms. The Morgan fingerprint density at radius 2 is 1.74 bits per heavy atom. The number of alkyl halides is 3. The summed E-state index contributed by atoms with van der Waals surface area (Å²) in [5.41, 5.74) is 0.417. The summed E-state index contributed by atoms with van der Waals surface area (Å²) in [5, 5.41) is 9.23. The lowest BCUT2D eigenvalue weighted by Gasteiger charge is -2.20. The normalized spacial score (nSPS) is 12.2. The molecule has 1 heterocycles. The largest absolute Gasteiger partial charge is 0.480 e. The molecule has 1 N–H and O–H groups in total. The van der Waals surface area contributed by atoms with Crippen LogP contribution in [0.1, 0.15) is 19.4 Å². The number of hydrogen-bond donors (Lipinski definition) is 1. The van der Waals surface area contributed by atoms with Gasteiger partial charge < -0.3 is 5.11 Å². The van der Waals surface area contributed by atoms with Gasteiger partial charge in [-0.25, -0.2) is 0 Å². The molecule has 7 heteroatoms. The molecule has 0 aliphatic carbocycles. The van der Waals surface area contributed by atoms with E-state index in [1.54, 1.807) is 19.9 Å². The van der Waals surface area contributed by atoms with E-state index in [-0.39, 0.29) is 0 Å². The first-order valence-electron chi connectivity index (χ1n) is 6.65. The van der Waals surface area contributed by atoms with Crippen LogP contribution < -0.4 is 0 Å². The van der Waals surface area contributed by atoms with Crippen LogP contribution in [-0.2, 0) is 11.0 Å². The fraction of sp³-hybridized carbons (Fsp3) is 0.250. The highest BCUT2D eigenvalue weighted by Gasteiger charge is 2.31. The van der Waals surface area contributed by atoms with Crippen molar-refractivity contribution >= 4 is 17.7 Å². The van der Waals surface area contributed by atoms with Gasteiger partial charge >= 0.3 is 12.1 Å². The van der Waals surface area contributed by atoms with E-state index in [1.807, 2.05) is 0 Å². The Balaban J connectivity index is 2.39. The number of hydrogen-bond acceptors (Lipinski definition) is 3. The highest BCUT2D eigenvalue weighted by atomic mass is 32.2. The molecule has 0 aliphatic rings. The van der Waals surface area contributed by atoms with Gasteiger partial charge in [-0.05, 0) is 37.6 Å². The number of pyridine rings is 1. The zero-order chi connectivity index (χ0) is 17.3. The average molecular weight is 341 g/mol. The third-order valence-electron chi connectivity index (χ3n) is 3.18. The van der Waals surface area contributed by atoms with E-state index in [0.29, 0.717) is 16.0 Å². The van der Waals surface area contributed by atoms with Crippen molar-refractivity contribution in [3.63, 3.8) is 0 Å². The van der Waals surface area contributed by atoms with Crippen LogP contribution in [0.15, 0.2) is 47.6 Å². The Hall–Kier alpha value is -2.02. The number of carboxylic acid groups (broad SMARTS) is 1. The number of thioether (sulfide) groups is 1. The van der Waals surface area contributed by atoms with E-state index in [9.17, 15) is 23.1 Å². The lowest BCUT2D eigenvalue weighted by Crippen LogP contribution is -2.27. The Morgan fingerprint density at radius 3 is 2.26 bits per heavy atom. The fourth-order valence-electron chi connectivity index (χ4n) is 1.84. The zero-order valence-corrected chi connectivity index (χ0v) is 13.2. The number of benzene rings is 1. The van der Waals surface area contributed by atoms with Crippen molar-refractivity contribution in [2.24, 2.45) is 0 Å². The summed E-state index contributed by atoms with van der Waals surface area (Å²) >= 11 is 1.12. The molecule has 0 saturated heterocycles. The van der Waals surface area contributed by atoms with Gasteiger partial charge in [0.1, 0.15) is 4.75 Å². The summed E-state index contributed by atoms with van der Waals surface area (Å²) in [6.45, 7) is 3.13. The first kappa shape index (κ1) is 17.3. The molecule has 0 unspecified atom stereocenters. The molecule has 122 valence electrons. The Labute approximate surface area is 135 Å². The third-order valence-corrected chi connectivity index (χ3v) is 4.45. The van der Waals surface area contributed by atoms with Crippen molar-refractivity contribution in [2.45, 2.75) is 29.7 Å². The quantitative estimate of drug-likeness (QED) is 0.817. The maximum absolute atomic E-state index is 12.6. The van der Waals surface area contributed by atoms with Gasteiger partial charge in [-0.15, -0.1) is 11.8 Å². The van der Waals surface area contributed by atoms with E-state index < -0.39 is 22.5 Å². The van der Waals surface area contributed by atoms with Gasteiger partial charge in [-0.2, -0.15) is 13.2 Å². The van der Waals surface area contributed by atoms with Crippen LogP contribution in [0.3, 0.4) is 0 Å². The standard InChI is InChI=1S/C16H14F3NO2S/c1-15(2,14(21)22)23-13-7-8-20-9-12(13)10-3-5-11(6-4-10)16(17,18)19/h3-9H,1-2H3,(H,21,22). The fourth-order valence-corrected chi connectivity index (χ4v) is 2.89. The number of carbonyl (C=O) groups is 1. The molecule has 0 saturated carbocycles. The van der Waals surface area contributed by atoms with Crippen molar-refractivity contribution < 1.29 is 23.1 Å². The second-order valence-electron chi connectivity index (χ2n) is 5.36. The summed E-state index contributed by atoms with van der Waals surface area (Å²) in [5.74, 6) is -0.974. The summed E-state index contributed by atoms with van der Waals surface area (Å²) in [4.78, 5) is 15.9. The topological polar surface area (TPSA) is 50.2 Å². The molecule has 0 bridgehead atoms. The number of halogens is 3. The zero-order valence-electron chi connectivity index (χ0n) is 12.4. The summed E-state index contributed by atoms with van der Waals surface area (Å²) in [6, 6.07) is 6.37. The number of aliphatic carboxylic acids is 1. The number of rotatable bonds is 4. The number of nitrogens with zero attached hydrogens (tertiary/aromatic N) is 1. The van der Waals surface area contributed by atoms with Crippen LogP contribution in [0, 0.1) is 0 Å². The molecule has 0 fully saturated rings. The number of aromatic nitrogens is 1. The van der Waals surface area contributed by atoms with Crippen LogP contribution in [0.4, 0.5) is 13.2 Å². The van der Waals surface area contributed by atoms with Gasteiger partial charge in [0.15, 0.2) is 0 Å². The van der Waals surface area contributed by atoms with Crippen LogP contribution in [0.25, 0.3) is 11.1 Å². The molecule has 23 heavy (non-hydrogen) atoms. The van der Waals surface area contributed by atoms with Crippen LogP contribution in [0.5, 0.6) is 0 Å². The Morgan fingerprint density at radius 1 is 1.13 bits per heavy atom. The lowest BCUT2D eigenvalue weighted by atomic mass is 10.1. The second kappa shape index (κ2) is 6.23. The van der Waals surface area contributed by atoms with Gasteiger partial charge in [0.25, 0.3) is 0 Å². The van der Waals surface area contributed by atoms with Crippen molar-refractivity contribution in [3.8, 4) is 11.1 Å². The van der Waals surface area contributed by atoms with Crippen LogP contribution in [-0.4, -0.2) is 20.8 Å². The summed E-state index contributed by atoms with van der Waals surface area (Å²) in [7, 11) is 0. The summed E-state index contributed by atoms with van der Waals surface area (Å²) < 4.78 is 36.8. The SMILES string of the molecule is CC(C)(Sc1ccncc1-c1ccc(C(F)(F)F)cc1)C(=O)O.